The van der Waals surface area contributed by atoms with Crippen LogP contribution >= 0.6 is 0 Å². The summed E-state index contributed by atoms with van der Waals surface area (Å²) in [5.41, 5.74) is 0.997. The molecule has 0 amide bonds. The quantitative estimate of drug-likeness (QED) is 0.498. The summed E-state index contributed by atoms with van der Waals surface area (Å²) in [6.45, 7) is 1.75. The van der Waals surface area contributed by atoms with Gasteiger partial charge in [0.15, 0.2) is 0 Å². The van der Waals surface area contributed by atoms with Crippen LogP contribution in [0.3, 0.4) is 0 Å². The van der Waals surface area contributed by atoms with E-state index in [0.717, 1.165) is 12.1 Å². The molecule has 3 aromatic carbocycles. The highest BCUT2D eigenvalue weighted by molar-refractivity contribution is 7.92. The molecule has 0 saturated carbocycles. The van der Waals surface area contributed by atoms with E-state index < -0.39 is 21.9 Å². The standard InChI is InChI=1S/C23H24FNO5S/c1-16(22-15-20(29-3)10-13-23(22)30-4)25(18-6-5-7-19(14-18)28-2)31(26,27)21-11-8-17(24)9-12-21/h5-16H,1-4H3/t16-/m1/s1. The van der Waals surface area contributed by atoms with Crippen LogP contribution in [0, 0.1) is 5.82 Å². The number of halogens is 1. The van der Waals surface area contributed by atoms with Crippen LogP contribution in [-0.2, 0) is 10.0 Å². The van der Waals surface area contributed by atoms with Crippen LogP contribution in [0.5, 0.6) is 17.2 Å². The molecule has 0 aromatic heterocycles. The molecule has 0 N–H and O–H groups in total. The van der Waals surface area contributed by atoms with Gasteiger partial charge >= 0.3 is 0 Å². The van der Waals surface area contributed by atoms with Crippen molar-refractivity contribution in [1.29, 1.82) is 0 Å². The van der Waals surface area contributed by atoms with Crippen molar-refractivity contribution in [1.82, 2.24) is 0 Å². The second kappa shape index (κ2) is 9.26. The van der Waals surface area contributed by atoms with Gasteiger partial charge in [-0.15, -0.1) is 0 Å². The molecule has 0 fully saturated rings. The number of sulfonamides is 1. The molecule has 0 saturated heterocycles. The number of benzene rings is 3. The van der Waals surface area contributed by atoms with Gasteiger partial charge in [0.25, 0.3) is 10.0 Å². The predicted octanol–water partition coefficient (Wildman–Crippen LogP) is 4.81. The van der Waals surface area contributed by atoms with Gasteiger partial charge in [-0.05, 0) is 61.5 Å². The van der Waals surface area contributed by atoms with E-state index in [1.165, 1.54) is 37.8 Å². The average molecular weight is 446 g/mol. The molecule has 0 aliphatic carbocycles. The van der Waals surface area contributed by atoms with Gasteiger partial charge in [-0.2, -0.15) is 0 Å². The van der Waals surface area contributed by atoms with Crippen LogP contribution in [0.2, 0.25) is 0 Å². The molecule has 3 aromatic rings. The van der Waals surface area contributed by atoms with E-state index >= 15 is 0 Å². The number of ether oxygens (including phenoxy) is 3. The third kappa shape index (κ3) is 4.59. The minimum absolute atomic E-state index is 0.0366. The van der Waals surface area contributed by atoms with Crippen molar-refractivity contribution in [3.8, 4) is 17.2 Å². The average Bonchev–Trinajstić information content (AvgIpc) is 2.78. The number of methoxy groups -OCH3 is 3. The number of rotatable bonds is 8. The summed E-state index contributed by atoms with van der Waals surface area (Å²) in [7, 11) is 0.483. The van der Waals surface area contributed by atoms with Crippen LogP contribution in [-0.4, -0.2) is 29.7 Å². The third-order valence-electron chi connectivity index (χ3n) is 4.92. The Bertz CT molecular complexity index is 1150. The molecule has 1 atom stereocenters. The van der Waals surface area contributed by atoms with Crippen molar-refractivity contribution >= 4 is 15.7 Å². The van der Waals surface area contributed by atoms with Gasteiger partial charge in [-0.3, -0.25) is 4.31 Å². The maximum atomic E-state index is 13.7. The van der Waals surface area contributed by atoms with Crippen LogP contribution in [0.15, 0.2) is 71.6 Å². The first-order chi connectivity index (χ1) is 14.8. The number of anilines is 1. The van der Waals surface area contributed by atoms with E-state index in [4.69, 9.17) is 14.2 Å². The molecular formula is C23H24FNO5S. The largest absolute Gasteiger partial charge is 0.497 e. The minimum atomic E-state index is -4.07. The molecule has 6 nitrogen and oxygen atoms in total. The zero-order valence-electron chi connectivity index (χ0n) is 17.7. The van der Waals surface area contributed by atoms with E-state index in [-0.39, 0.29) is 4.90 Å². The molecule has 31 heavy (non-hydrogen) atoms. The van der Waals surface area contributed by atoms with Gasteiger partial charge in [0.2, 0.25) is 0 Å². The predicted molar refractivity (Wildman–Crippen MR) is 117 cm³/mol. The fraction of sp³-hybridized carbons (Fsp3) is 0.217. The highest BCUT2D eigenvalue weighted by atomic mass is 32.2. The maximum Gasteiger partial charge on any atom is 0.264 e. The van der Waals surface area contributed by atoms with Crippen LogP contribution in [0.1, 0.15) is 18.5 Å². The van der Waals surface area contributed by atoms with Gasteiger partial charge in [0.1, 0.15) is 23.1 Å². The Labute approximate surface area is 181 Å². The van der Waals surface area contributed by atoms with Crippen molar-refractivity contribution in [3.05, 3.63) is 78.1 Å². The van der Waals surface area contributed by atoms with Crippen molar-refractivity contribution in [2.24, 2.45) is 0 Å². The van der Waals surface area contributed by atoms with E-state index in [2.05, 4.69) is 0 Å². The fourth-order valence-electron chi connectivity index (χ4n) is 3.33. The number of hydrogen-bond acceptors (Lipinski definition) is 5. The van der Waals surface area contributed by atoms with E-state index in [1.807, 2.05) is 0 Å². The molecule has 0 radical (unpaired) electrons. The monoisotopic (exact) mass is 445 g/mol. The molecule has 164 valence electrons. The first kappa shape index (κ1) is 22.4. The topological polar surface area (TPSA) is 65.1 Å². The Morgan fingerprint density at radius 1 is 0.839 bits per heavy atom. The second-order valence-electron chi connectivity index (χ2n) is 6.74. The first-order valence-corrected chi connectivity index (χ1v) is 10.9. The molecular weight excluding hydrogens is 421 g/mol. The van der Waals surface area contributed by atoms with Crippen molar-refractivity contribution in [2.45, 2.75) is 17.9 Å². The normalized spacial score (nSPS) is 12.2. The first-order valence-electron chi connectivity index (χ1n) is 9.47. The van der Waals surface area contributed by atoms with E-state index in [1.54, 1.807) is 49.4 Å². The summed E-state index contributed by atoms with van der Waals surface area (Å²) in [4.78, 5) is -0.0366. The van der Waals surface area contributed by atoms with Gasteiger partial charge < -0.3 is 14.2 Å². The third-order valence-corrected chi connectivity index (χ3v) is 6.83. The lowest BCUT2D eigenvalue weighted by Crippen LogP contribution is -2.34. The highest BCUT2D eigenvalue weighted by Gasteiger charge is 2.32. The zero-order valence-corrected chi connectivity index (χ0v) is 18.5. The molecule has 3 rings (SSSR count). The summed E-state index contributed by atoms with van der Waals surface area (Å²) >= 11 is 0. The smallest absolute Gasteiger partial charge is 0.264 e. The lowest BCUT2D eigenvalue weighted by molar-refractivity contribution is 0.396. The van der Waals surface area contributed by atoms with Gasteiger partial charge in [-0.25, -0.2) is 12.8 Å². The second-order valence-corrected chi connectivity index (χ2v) is 8.56. The van der Waals surface area contributed by atoms with Gasteiger partial charge in [0.05, 0.1) is 38.0 Å². The summed E-state index contributed by atoms with van der Waals surface area (Å²) in [6, 6.07) is 16.0. The van der Waals surface area contributed by atoms with E-state index in [0.29, 0.717) is 28.5 Å². The van der Waals surface area contributed by atoms with Crippen LogP contribution in [0.4, 0.5) is 10.1 Å². The number of hydrogen-bond donors (Lipinski definition) is 0. The van der Waals surface area contributed by atoms with Crippen LogP contribution < -0.4 is 18.5 Å². The summed E-state index contributed by atoms with van der Waals surface area (Å²) in [6.07, 6.45) is 0. The molecule has 0 aliphatic heterocycles. The van der Waals surface area contributed by atoms with Crippen molar-refractivity contribution in [3.63, 3.8) is 0 Å². The Balaban J connectivity index is 2.22. The Morgan fingerprint density at radius 3 is 2.10 bits per heavy atom. The minimum Gasteiger partial charge on any atom is -0.497 e. The highest BCUT2D eigenvalue weighted by Crippen LogP contribution is 2.39. The van der Waals surface area contributed by atoms with Crippen LogP contribution in [0.25, 0.3) is 0 Å². The molecule has 0 aliphatic rings. The molecule has 8 heteroatoms. The van der Waals surface area contributed by atoms with Crippen molar-refractivity contribution < 1.29 is 27.0 Å². The Hall–Kier alpha value is -3.26. The molecule has 0 unspecified atom stereocenters. The maximum absolute atomic E-state index is 13.7. The SMILES string of the molecule is COc1cccc(N([C@H](C)c2cc(OC)ccc2OC)S(=O)(=O)c2ccc(F)cc2)c1. The molecule has 0 bridgehead atoms. The Kier molecular flexibility index (Phi) is 6.70. The van der Waals surface area contributed by atoms with Gasteiger partial charge in [-0.1, -0.05) is 6.07 Å². The summed E-state index contributed by atoms with van der Waals surface area (Å²) in [5, 5.41) is 0. The van der Waals surface area contributed by atoms with Gasteiger partial charge in [0, 0.05) is 11.6 Å². The zero-order chi connectivity index (χ0) is 22.6. The molecule has 0 heterocycles. The van der Waals surface area contributed by atoms with Crippen molar-refractivity contribution in [2.75, 3.05) is 25.6 Å². The molecule has 0 spiro atoms. The lowest BCUT2D eigenvalue weighted by atomic mass is 10.1. The summed E-state index contributed by atoms with van der Waals surface area (Å²) < 4.78 is 58.2. The lowest BCUT2D eigenvalue weighted by Gasteiger charge is -2.32. The number of nitrogens with zero attached hydrogens (tertiary/aromatic N) is 1. The Morgan fingerprint density at radius 2 is 1.48 bits per heavy atom. The van der Waals surface area contributed by atoms with E-state index in [9.17, 15) is 12.8 Å². The fourth-order valence-corrected chi connectivity index (χ4v) is 4.96. The summed E-state index contributed by atoms with van der Waals surface area (Å²) in [5.74, 6) is 1.05.